The van der Waals surface area contributed by atoms with E-state index in [9.17, 15) is 8.42 Å². The Kier molecular flexibility index (Phi) is 4.22. The fraction of sp³-hybridized carbons (Fsp3) is 0.333. The van der Waals surface area contributed by atoms with E-state index in [0.29, 0.717) is 17.5 Å². The molecule has 5 rings (SSSR count). The summed E-state index contributed by atoms with van der Waals surface area (Å²) in [6, 6.07) is 8.68. The molecule has 0 saturated carbocycles. The SMILES string of the molecule is CC[C@@H]1CNC[C@H]1c1cnc2cnc3c(ccn3S(=O)(=O)c3ccc(C)cc3)n12. The molecule has 4 aromatic rings. The Morgan fingerprint density at radius 2 is 1.90 bits per heavy atom. The maximum atomic E-state index is 13.2. The van der Waals surface area contributed by atoms with Crippen molar-refractivity contribution in [2.75, 3.05) is 13.1 Å². The maximum absolute atomic E-state index is 13.2. The van der Waals surface area contributed by atoms with Crippen LogP contribution in [0.5, 0.6) is 0 Å². The zero-order valence-corrected chi connectivity index (χ0v) is 17.2. The summed E-state index contributed by atoms with van der Waals surface area (Å²) in [5, 5.41) is 3.47. The Labute approximate surface area is 169 Å². The summed E-state index contributed by atoms with van der Waals surface area (Å²) in [4.78, 5) is 9.23. The van der Waals surface area contributed by atoms with Gasteiger partial charge in [0.05, 0.1) is 16.6 Å². The molecular weight excluding hydrogens is 386 g/mol. The maximum Gasteiger partial charge on any atom is 0.269 e. The van der Waals surface area contributed by atoms with Crippen LogP contribution < -0.4 is 5.32 Å². The van der Waals surface area contributed by atoms with Crippen molar-refractivity contribution >= 4 is 26.8 Å². The lowest BCUT2D eigenvalue weighted by molar-refractivity contribution is 0.493. The highest BCUT2D eigenvalue weighted by Gasteiger charge is 2.30. The Hall–Kier alpha value is -2.71. The van der Waals surface area contributed by atoms with Gasteiger partial charge in [0, 0.05) is 30.6 Å². The third-order valence-corrected chi connectivity index (χ3v) is 7.67. The van der Waals surface area contributed by atoms with Crippen molar-refractivity contribution in [3.63, 3.8) is 0 Å². The van der Waals surface area contributed by atoms with Crippen LogP contribution in [0, 0.1) is 12.8 Å². The number of nitrogens with zero attached hydrogens (tertiary/aromatic N) is 4. The van der Waals surface area contributed by atoms with Crippen LogP contribution in [0.4, 0.5) is 0 Å². The highest BCUT2D eigenvalue weighted by Crippen LogP contribution is 2.32. The number of imidazole rings is 1. The van der Waals surface area contributed by atoms with Crippen LogP contribution >= 0.6 is 0 Å². The number of benzene rings is 1. The van der Waals surface area contributed by atoms with Gasteiger partial charge >= 0.3 is 0 Å². The zero-order valence-electron chi connectivity index (χ0n) is 16.4. The van der Waals surface area contributed by atoms with Crippen LogP contribution in [-0.2, 0) is 10.0 Å². The molecule has 0 aliphatic carbocycles. The number of fused-ring (bicyclic) bond motifs is 3. The minimum Gasteiger partial charge on any atom is -0.316 e. The molecule has 0 bridgehead atoms. The summed E-state index contributed by atoms with van der Waals surface area (Å²) in [6.07, 6.45) is 6.22. The van der Waals surface area contributed by atoms with E-state index in [0.717, 1.165) is 41.9 Å². The van der Waals surface area contributed by atoms with Gasteiger partial charge in [0.1, 0.15) is 0 Å². The minimum atomic E-state index is -3.73. The van der Waals surface area contributed by atoms with Crippen molar-refractivity contribution in [3.05, 3.63) is 60.2 Å². The molecule has 2 atom stereocenters. The third-order valence-electron chi connectivity index (χ3n) is 5.99. The second-order valence-electron chi connectivity index (χ2n) is 7.71. The molecule has 0 radical (unpaired) electrons. The number of aromatic nitrogens is 4. The first-order valence-electron chi connectivity index (χ1n) is 9.87. The highest BCUT2D eigenvalue weighted by molar-refractivity contribution is 7.90. The molecule has 8 heteroatoms. The van der Waals surface area contributed by atoms with E-state index in [4.69, 9.17) is 0 Å². The van der Waals surface area contributed by atoms with Crippen LogP contribution in [-0.4, -0.2) is 39.8 Å². The average Bonchev–Trinajstić information content (AvgIpc) is 3.44. The Balaban J connectivity index is 1.70. The summed E-state index contributed by atoms with van der Waals surface area (Å²) in [7, 11) is -3.73. The van der Waals surface area contributed by atoms with E-state index in [2.05, 4.69) is 26.6 Å². The monoisotopic (exact) mass is 409 g/mol. The first-order valence-corrected chi connectivity index (χ1v) is 11.3. The van der Waals surface area contributed by atoms with Crippen molar-refractivity contribution in [2.24, 2.45) is 5.92 Å². The van der Waals surface area contributed by atoms with Crippen molar-refractivity contribution in [1.82, 2.24) is 23.7 Å². The fourth-order valence-corrected chi connectivity index (χ4v) is 5.63. The minimum absolute atomic E-state index is 0.249. The molecule has 1 aliphatic rings. The van der Waals surface area contributed by atoms with Gasteiger partial charge in [-0.1, -0.05) is 31.0 Å². The van der Waals surface area contributed by atoms with Gasteiger partial charge in [-0.3, -0.25) is 4.40 Å². The molecule has 3 aromatic heterocycles. The number of hydrogen-bond acceptors (Lipinski definition) is 5. The molecule has 0 amide bonds. The van der Waals surface area contributed by atoms with E-state index in [1.165, 1.54) is 3.97 Å². The molecule has 1 saturated heterocycles. The summed E-state index contributed by atoms with van der Waals surface area (Å²) in [5.74, 6) is 0.883. The first-order chi connectivity index (χ1) is 14.0. The molecule has 150 valence electrons. The molecule has 4 heterocycles. The van der Waals surface area contributed by atoms with E-state index in [1.807, 2.05) is 19.2 Å². The normalized spacial score (nSPS) is 20.1. The number of aryl methyl sites for hydroxylation is 1. The lowest BCUT2D eigenvalue weighted by Gasteiger charge is -2.17. The molecule has 7 nitrogen and oxygen atoms in total. The smallest absolute Gasteiger partial charge is 0.269 e. The lowest BCUT2D eigenvalue weighted by atomic mass is 9.91. The predicted octanol–water partition coefficient (Wildman–Crippen LogP) is 2.94. The molecule has 0 spiro atoms. The molecule has 1 N–H and O–H groups in total. The summed E-state index contributed by atoms with van der Waals surface area (Å²) in [5.41, 5.74) is 4.03. The van der Waals surface area contributed by atoms with Crippen molar-refractivity contribution < 1.29 is 8.42 Å². The first kappa shape index (κ1) is 18.3. The van der Waals surface area contributed by atoms with E-state index in [-0.39, 0.29) is 4.90 Å². The fourth-order valence-electron chi connectivity index (χ4n) is 4.33. The lowest BCUT2D eigenvalue weighted by Crippen LogP contribution is -2.14. The summed E-state index contributed by atoms with van der Waals surface area (Å²) >= 11 is 0. The van der Waals surface area contributed by atoms with E-state index >= 15 is 0 Å². The number of nitrogens with one attached hydrogen (secondary N) is 1. The Bertz CT molecular complexity index is 1300. The average molecular weight is 410 g/mol. The van der Waals surface area contributed by atoms with Crippen LogP contribution in [0.2, 0.25) is 0 Å². The standard InChI is InChI=1S/C21H23N5O2S/c1-3-15-10-22-11-17(15)19-12-23-20-13-24-21-18(26(19)20)8-9-25(21)29(27,28)16-6-4-14(2)5-7-16/h4-9,12-13,15,17,22H,3,10-11H2,1-2H3/t15-,17-/m1/s1. The Morgan fingerprint density at radius 1 is 1.10 bits per heavy atom. The van der Waals surface area contributed by atoms with Crippen molar-refractivity contribution in [1.29, 1.82) is 0 Å². The Morgan fingerprint density at radius 3 is 2.66 bits per heavy atom. The second-order valence-corrected chi connectivity index (χ2v) is 9.52. The predicted molar refractivity (Wildman–Crippen MR) is 112 cm³/mol. The van der Waals surface area contributed by atoms with Crippen LogP contribution in [0.25, 0.3) is 16.8 Å². The molecule has 29 heavy (non-hydrogen) atoms. The topological polar surface area (TPSA) is 81.3 Å². The molecular formula is C21H23N5O2S. The van der Waals surface area contributed by atoms with Gasteiger partial charge in [-0.25, -0.2) is 22.4 Å². The van der Waals surface area contributed by atoms with E-state index < -0.39 is 10.0 Å². The van der Waals surface area contributed by atoms with Crippen molar-refractivity contribution in [2.45, 2.75) is 31.1 Å². The highest BCUT2D eigenvalue weighted by atomic mass is 32.2. The molecule has 0 unspecified atom stereocenters. The zero-order chi connectivity index (χ0) is 20.2. The summed E-state index contributed by atoms with van der Waals surface area (Å²) in [6.45, 7) is 6.03. The second kappa shape index (κ2) is 6.67. The van der Waals surface area contributed by atoms with Crippen LogP contribution in [0.1, 0.15) is 30.5 Å². The van der Waals surface area contributed by atoms with Crippen LogP contribution in [0.3, 0.4) is 0 Å². The molecule has 1 aromatic carbocycles. The summed E-state index contributed by atoms with van der Waals surface area (Å²) < 4.78 is 29.8. The molecule has 1 fully saturated rings. The van der Waals surface area contributed by atoms with Gasteiger partial charge in [-0.2, -0.15) is 0 Å². The third kappa shape index (κ3) is 2.78. The van der Waals surface area contributed by atoms with Crippen LogP contribution in [0.15, 0.2) is 53.8 Å². The quantitative estimate of drug-likeness (QED) is 0.560. The van der Waals surface area contributed by atoms with Gasteiger partial charge in [0.25, 0.3) is 10.0 Å². The van der Waals surface area contributed by atoms with Gasteiger partial charge < -0.3 is 5.32 Å². The van der Waals surface area contributed by atoms with Gasteiger partial charge in [-0.15, -0.1) is 0 Å². The molecule has 1 aliphatic heterocycles. The van der Waals surface area contributed by atoms with Gasteiger partial charge in [0.15, 0.2) is 11.3 Å². The van der Waals surface area contributed by atoms with E-state index in [1.54, 1.807) is 36.7 Å². The largest absolute Gasteiger partial charge is 0.316 e. The number of rotatable bonds is 4. The number of hydrogen-bond donors (Lipinski definition) is 1. The van der Waals surface area contributed by atoms with Gasteiger partial charge in [0.2, 0.25) is 0 Å². The van der Waals surface area contributed by atoms with Crippen molar-refractivity contribution in [3.8, 4) is 0 Å². The van der Waals surface area contributed by atoms with Gasteiger partial charge in [-0.05, 0) is 37.6 Å².